The molecular formula is C11H12O2. The molecule has 2 aliphatic carbocycles. The highest BCUT2D eigenvalue weighted by Crippen LogP contribution is 2.38. The van der Waals surface area contributed by atoms with E-state index in [4.69, 9.17) is 0 Å². The van der Waals surface area contributed by atoms with E-state index in [0.717, 1.165) is 6.42 Å². The third-order valence-corrected chi connectivity index (χ3v) is 3.00. The van der Waals surface area contributed by atoms with Crippen molar-refractivity contribution in [2.45, 2.75) is 12.8 Å². The predicted octanol–water partition coefficient (Wildman–Crippen LogP) is 1.52. The molecule has 1 fully saturated rings. The maximum atomic E-state index is 11.5. The second-order valence-corrected chi connectivity index (χ2v) is 3.72. The Hall–Kier alpha value is -1.18. The number of hydrogen-bond donors (Lipinski definition) is 0. The predicted molar refractivity (Wildman–Crippen MR) is 49.1 cm³/mol. The SMILES string of the molecule is C=CC1C=CCC2C(=O)CC(=O)C12. The molecule has 0 radical (unpaired) electrons. The highest BCUT2D eigenvalue weighted by atomic mass is 16.2. The maximum Gasteiger partial charge on any atom is 0.144 e. The van der Waals surface area contributed by atoms with Crippen molar-refractivity contribution in [3.05, 3.63) is 24.8 Å². The number of carbonyl (C=O) groups excluding carboxylic acids is 2. The average Bonchev–Trinajstić information content (AvgIpc) is 2.43. The summed E-state index contributed by atoms with van der Waals surface area (Å²) < 4.78 is 0. The van der Waals surface area contributed by atoms with Crippen LogP contribution in [0.1, 0.15) is 12.8 Å². The molecule has 3 unspecified atom stereocenters. The van der Waals surface area contributed by atoms with E-state index < -0.39 is 0 Å². The van der Waals surface area contributed by atoms with E-state index >= 15 is 0 Å². The van der Waals surface area contributed by atoms with Crippen molar-refractivity contribution < 1.29 is 9.59 Å². The summed E-state index contributed by atoms with van der Waals surface area (Å²) in [4.78, 5) is 22.9. The van der Waals surface area contributed by atoms with Gasteiger partial charge in [0, 0.05) is 17.8 Å². The highest BCUT2D eigenvalue weighted by molar-refractivity contribution is 6.09. The molecule has 2 aliphatic rings. The van der Waals surface area contributed by atoms with Gasteiger partial charge in [0.1, 0.15) is 11.6 Å². The zero-order chi connectivity index (χ0) is 9.42. The summed E-state index contributed by atoms with van der Waals surface area (Å²) in [6.45, 7) is 3.69. The number of carbonyl (C=O) groups is 2. The van der Waals surface area contributed by atoms with Gasteiger partial charge in [0.2, 0.25) is 0 Å². The Balaban J connectivity index is 2.34. The first-order valence-electron chi connectivity index (χ1n) is 4.58. The van der Waals surface area contributed by atoms with Gasteiger partial charge in [-0.2, -0.15) is 0 Å². The van der Waals surface area contributed by atoms with E-state index in [1.54, 1.807) is 6.08 Å². The second kappa shape index (κ2) is 2.95. The van der Waals surface area contributed by atoms with Crippen LogP contribution in [0.3, 0.4) is 0 Å². The summed E-state index contributed by atoms with van der Waals surface area (Å²) in [7, 11) is 0. The summed E-state index contributed by atoms with van der Waals surface area (Å²) in [5.41, 5.74) is 0. The molecule has 0 saturated heterocycles. The largest absolute Gasteiger partial charge is 0.299 e. The molecule has 0 aromatic carbocycles. The third kappa shape index (κ3) is 1.17. The Bertz CT molecular complexity index is 301. The zero-order valence-electron chi connectivity index (χ0n) is 7.40. The van der Waals surface area contributed by atoms with Crippen LogP contribution in [0.15, 0.2) is 24.8 Å². The van der Waals surface area contributed by atoms with Crippen molar-refractivity contribution in [2.24, 2.45) is 17.8 Å². The molecule has 2 nitrogen and oxygen atoms in total. The fraction of sp³-hybridized carbons (Fsp3) is 0.455. The van der Waals surface area contributed by atoms with Crippen LogP contribution in [0.4, 0.5) is 0 Å². The molecule has 3 atom stereocenters. The molecule has 0 aromatic heterocycles. The Labute approximate surface area is 77.3 Å². The van der Waals surface area contributed by atoms with Crippen LogP contribution in [0.25, 0.3) is 0 Å². The van der Waals surface area contributed by atoms with Crippen LogP contribution in [0.5, 0.6) is 0 Å². The molecule has 0 amide bonds. The van der Waals surface area contributed by atoms with E-state index in [1.807, 2.05) is 12.2 Å². The van der Waals surface area contributed by atoms with Gasteiger partial charge in [0.25, 0.3) is 0 Å². The third-order valence-electron chi connectivity index (χ3n) is 3.00. The van der Waals surface area contributed by atoms with Crippen molar-refractivity contribution in [1.82, 2.24) is 0 Å². The van der Waals surface area contributed by atoms with Gasteiger partial charge in [-0.25, -0.2) is 0 Å². The summed E-state index contributed by atoms with van der Waals surface area (Å²) in [5.74, 6) is 0.142. The van der Waals surface area contributed by atoms with Crippen molar-refractivity contribution in [3.63, 3.8) is 0 Å². The van der Waals surface area contributed by atoms with Crippen LogP contribution < -0.4 is 0 Å². The molecule has 68 valence electrons. The van der Waals surface area contributed by atoms with Crippen molar-refractivity contribution >= 4 is 11.6 Å². The second-order valence-electron chi connectivity index (χ2n) is 3.72. The van der Waals surface area contributed by atoms with E-state index in [0.29, 0.717) is 0 Å². The Morgan fingerprint density at radius 3 is 2.85 bits per heavy atom. The molecular weight excluding hydrogens is 164 g/mol. The lowest BCUT2D eigenvalue weighted by molar-refractivity contribution is -0.123. The van der Waals surface area contributed by atoms with Crippen LogP contribution in [0.2, 0.25) is 0 Å². The fourth-order valence-corrected chi connectivity index (χ4v) is 2.33. The summed E-state index contributed by atoms with van der Waals surface area (Å²) >= 11 is 0. The fourth-order valence-electron chi connectivity index (χ4n) is 2.33. The molecule has 2 rings (SSSR count). The normalized spacial score (nSPS) is 37.7. The number of ketones is 2. The number of fused-ring (bicyclic) bond motifs is 1. The molecule has 13 heavy (non-hydrogen) atoms. The highest BCUT2D eigenvalue weighted by Gasteiger charge is 2.44. The average molecular weight is 176 g/mol. The summed E-state index contributed by atoms with van der Waals surface area (Å²) in [6.07, 6.45) is 6.62. The van der Waals surface area contributed by atoms with Gasteiger partial charge in [0.15, 0.2) is 0 Å². The number of Topliss-reactive ketones (excluding diaryl/α,β-unsaturated/α-hetero) is 2. The van der Waals surface area contributed by atoms with Crippen molar-refractivity contribution in [2.75, 3.05) is 0 Å². The van der Waals surface area contributed by atoms with Gasteiger partial charge >= 0.3 is 0 Å². The monoisotopic (exact) mass is 176 g/mol. The molecule has 0 heterocycles. The van der Waals surface area contributed by atoms with Gasteiger partial charge in [-0.15, -0.1) is 6.58 Å². The van der Waals surface area contributed by atoms with Crippen LogP contribution in [-0.2, 0) is 9.59 Å². The molecule has 1 saturated carbocycles. The summed E-state index contributed by atoms with van der Waals surface area (Å²) in [5, 5.41) is 0. The maximum absolute atomic E-state index is 11.5. The first-order chi connectivity index (χ1) is 6.24. The molecule has 0 bridgehead atoms. The van der Waals surface area contributed by atoms with Gasteiger partial charge in [0.05, 0.1) is 6.42 Å². The van der Waals surface area contributed by atoms with E-state index in [1.165, 1.54) is 0 Å². The minimum absolute atomic E-state index is 0.0551. The lowest BCUT2D eigenvalue weighted by Gasteiger charge is -2.24. The number of rotatable bonds is 1. The number of allylic oxidation sites excluding steroid dienone is 3. The topological polar surface area (TPSA) is 34.1 Å². The Kier molecular flexibility index (Phi) is 1.91. The smallest absolute Gasteiger partial charge is 0.144 e. The van der Waals surface area contributed by atoms with Crippen molar-refractivity contribution in [1.29, 1.82) is 0 Å². The van der Waals surface area contributed by atoms with Crippen LogP contribution >= 0.6 is 0 Å². The molecule has 0 N–H and O–H groups in total. The van der Waals surface area contributed by atoms with E-state index in [9.17, 15) is 9.59 Å². The van der Waals surface area contributed by atoms with Crippen molar-refractivity contribution in [3.8, 4) is 0 Å². The van der Waals surface area contributed by atoms with Gasteiger partial charge in [-0.3, -0.25) is 9.59 Å². The minimum Gasteiger partial charge on any atom is -0.299 e. The molecule has 2 heteroatoms. The quantitative estimate of drug-likeness (QED) is 0.448. The van der Waals surface area contributed by atoms with Gasteiger partial charge < -0.3 is 0 Å². The van der Waals surface area contributed by atoms with Crippen LogP contribution in [-0.4, -0.2) is 11.6 Å². The molecule has 0 aliphatic heterocycles. The van der Waals surface area contributed by atoms with Gasteiger partial charge in [-0.1, -0.05) is 18.2 Å². The lowest BCUT2D eigenvalue weighted by Crippen LogP contribution is -2.26. The lowest BCUT2D eigenvalue weighted by atomic mass is 9.77. The standard InChI is InChI=1S/C11H12O2/c1-2-7-4-3-5-8-9(12)6-10(13)11(7)8/h2-4,7-8,11H,1,5-6H2. The molecule has 0 spiro atoms. The Morgan fingerprint density at radius 2 is 2.15 bits per heavy atom. The minimum atomic E-state index is -0.102. The van der Waals surface area contributed by atoms with E-state index in [-0.39, 0.29) is 35.7 Å². The van der Waals surface area contributed by atoms with Gasteiger partial charge in [-0.05, 0) is 6.42 Å². The van der Waals surface area contributed by atoms with E-state index in [2.05, 4.69) is 6.58 Å². The Morgan fingerprint density at radius 1 is 1.38 bits per heavy atom. The number of hydrogen-bond acceptors (Lipinski definition) is 2. The zero-order valence-corrected chi connectivity index (χ0v) is 7.40. The molecule has 0 aromatic rings. The van der Waals surface area contributed by atoms with Crippen LogP contribution in [0, 0.1) is 17.8 Å². The first kappa shape index (κ1) is 8.42. The first-order valence-corrected chi connectivity index (χ1v) is 4.58. The summed E-state index contributed by atoms with van der Waals surface area (Å²) in [6, 6.07) is 0.